The van der Waals surface area contributed by atoms with Gasteiger partial charge in [0.15, 0.2) is 5.78 Å². The molecule has 0 fully saturated rings. The number of anilines is 1. The molecule has 2 aromatic carbocycles. The fourth-order valence-electron chi connectivity index (χ4n) is 2.15. The van der Waals surface area contributed by atoms with Crippen molar-refractivity contribution in [1.82, 2.24) is 0 Å². The van der Waals surface area contributed by atoms with Crippen LogP contribution in [-0.4, -0.2) is 24.8 Å². The van der Waals surface area contributed by atoms with Gasteiger partial charge in [-0.15, -0.1) is 12.4 Å². The maximum Gasteiger partial charge on any atom is 0.224 e. The molecule has 2 rings (SSSR count). The lowest BCUT2D eigenvalue weighted by molar-refractivity contribution is -0.116. The molecule has 0 spiro atoms. The number of aryl methyl sites for hydroxylation is 1. The maximum absolute atomic E-state index is 12.1. The zero-order chi connectivity index (χ0) is 17.4. The number of ether oxygens (including phenoxy) is 1. The van der Waals surface area contributed by atoms with E-state index >= 15 is 0 Å². The topological polar surface area (TPSA) is 81.4 Å². The number of ketones is 1. The number of rotatable bonds is 8. The van der Waals surface area contributed by atoms with Crippen LogP contribution in [0.2, 0.25) is 0 Å². The van der Waals surface area contributed by atoms with E-state index < -0.39 is 0 Å². The van der Waals surface area contributed by atoms with Crippen molar-refractivity contribution in [3.8, 4) is 5.75 Å². The van der Waals surface area contributed by atoms with E-state index in [4.69, 9.17) is 10.5 Å². The number of carbonyl (C=O) groups excluding carboxylic acids is 2. The zero-order valence-electron chi connectivity index (χ0n) is 14.2. The van der Waals surface area contributed by atoms with Gasteiger partial charge in [-0.25, -0.2) is 0 Å². The van der Waals surface area contributed by atoms with Gasteiger partial charge in [-0.3, -0.25) is 9.59 Å². The summed E-state index contributed by atoms with van der Waals surface area (Å²) in [7, 11) is 0. The molecule has 2 aromatic rings. The summed E-state index contributed by atoms with van der Waals surface area (Å²) >= 11 is 0. The van der Waals surface area contributed by atoms with E-state index in [1.165, 1.54) is 0 Å². The second kappa shape index (κ2) is 10.5. The van der Waals surface area contributed by atoms with Crippen LogP contribution in [0.3, 0.4) is 0 Å². The van der Waals surface area contributed by atoms with Gasteiger partial charge in [0.05, 0.1) is 0 Å². The first-order valence-electron chi connectivity index (χ1n) is 7.91. The van der Waals surface area contributed by atoms with Crippen molar-refractivity contribution in [3.05, 3.63) is 59.7 Å². The quantitative estimate of drug-likeness (QED) is 0.705. The van der Waals surface area contributed by atoms with E-state index in [0.29, 0.717) is 30.2 Å². The van der Waals surface area contributed by atoms with E-state index in [1.54, 1.807) is 36.4 Å². The fourth-order valence-corrected chi connectivity index (χ4v) is 2.15. The number of Topliss-reactive ketones (excluding diaryl/α,β-unsaturated/α-hetero) is 1. The molecule has 134 valence electrons. The van der Waals surface area contributed by atoms with Crippen molar-refractivity contribution in [3.63, 3.8) is 0 Å². The van der Waals surface area contributed by atoms with Gasteiger partial charge in [-0.1, -0.05) is 29.8 Å². The summed E-state index contributed by atoms with van der Waals surface area (Å²) in [5, 5.41) is 2.77. The first-order valence-corrected chi connectivity index (χ1v) is 7.91. The molecule has 0 heterocycles. The van der Waals surface area contributed by atoms with Crippen LogP contribution in [0.25, 0.3) is 0 Å². The molecule has 0 unspecified atom stereocenters. The number of nitrogens with one attached hydrogen (secondary N) is 1. The summed E-state index contributed by atoms with van der Waals surface area (Å²) in [6, 6.07) is 14.4. The Morgan fingerprint density at radius 2 is 1.64 bits per heavy atom. The van der Waals surface area contributed by atoms with Gasteiger partial charge in [0.1, 0.15) is 12.4 Å². The molecule has 0 saturated carbocycles. The molecule has 1 amide bonds. The lowest BCUT2D eigenvalue weighted by atomic mass is 10.0. The highest BCUT2D eigenvalue weighted by atomic mass is 35.5. The molecule has 3 N–H and O–H groups in total. The van der Waals surface area contributed by atoms with Crippen molar-refractivity contribution < 1.29 is 14.3 Å². The first-order chi connectivity index (χ1) is 11.6. The average molecular weight is 363 g/mol. The van der Waals surface area contributed by atoms with E-state index in [2.05, 4.69) is 5.32 Å². The Labute approximate surface area is 154 Å². The summed E-state index contributed by atoms with van der Waals surface area (Å²) in [5.74, 6) is 0.481. The predicted octanol–water partition coefficient (Wildman–Crippen LogP) is 3.36. The lowest BCUT2D eigenvalue weighted by Gasteiger charge is -2.07. The normalized spacial score (nSPS) is 9.84. The first kappa shape index (κ1) is 20.7. The molecule has 0 aliphatic heterocycles. The molecule has 0 aliphatic carbocycles. The minimum Gasteiger partial charge on any atom is -0.492 e. The standard InChI is InChI=1S/C19H22N2O3.ClH/c1-14-2-4-15(5-3-14)18(22)10-11-19(23)21-16-6-8-17(9-7-16)24-13-12-20;/h2-9H,10-13,20H2,1H3,(H,21,23);1H. The molecule has 0 radical (unpaired) electrons. The smallest absolute Gasteiger partial charge is 0.224 e. The van der Waals surface area contributed by atoms with E-state index in [9.17, 15) is 9.59 Å². The second-order valence-corrected chi connectivity index (χ2v) is 5.50. The number of halogens is 1. The number of nitrogens with two attached hydrogens (primary N) is 1. The Kier molecular flexibility index (Phi) is 8.67. The van der Waals surface area contributed by atoms with Crippen LogP contribution in [0.5, 0.6) is 5.75 Å². The van der Waals surface area contributed by atoms with Crippen LogP contribution in [0, 0.1) is 6.92 Å². The van der Waals surface area contributed by atoms with Crippen molar-refractivity contribution in [2.75, 3.05) is 18.5 Å². The van der Waals surface area contributed by atoms with Gasteiger partial charge >= 0.3 is 0 Å². The van der Waals surface area contributed by atoms with E-state index in [-0.39, 0.29) is 36.9 Å². The summed E-state index contributed by atoms with van der Waals surface area (Å²) in [6.07, 6.45) is 0.338. The van der Waals surface area contributed by atoms with Gasteiger partial charge in [-0.05, 0) is 31.2 Å². The van der Waals surface area contributed by atoms with Gasteiger partial charge in [0, 0.05) is 30.6 Å². The Hall–Kier alpha value is -2.37. The summed E-state index contributed by atoms with van der Waals surface area (Å²) < 4.78 is 5.37. The highest BCUT2D eigenvalue weighted by molar-refractivity contribution is 6.00. The molecule has 0 aromatic heterocycles. The minimum absolute atomic E-state index is 0. The van der Waals surface area contributed by atoms with Crippen LogP contribution in [0.15, 0.2) is 48.5 Å². The Bertz CT molecular complexity index is 685. The second-order valence-electron chi connectivity index (χ2n) is 5.50. The highest BCUT2D eigenvalue weighted by Gasteiger charge is 2.09. The van der Waals surface area contributed by atoms with Crippen molar-refractivity contribution in [2.24, 2.45) is 5.73 Å². The SMILES string of the molecule is Cc1ccc(C(=O)CCC(=O)Nc2ccc(OCCN)cc2)cc1.Cl. The fraction of sp³-hybridized carbons (Fsp3) is 0.263. The summed E-state index contributed by atoms with van der Waals surface area (Å²) in [6.45, 7) is 2.87. The van der Waals surface area contributed by atoms with Gasteiger partial charge in [-0.2, -0.15) is 0 Å². The third-order valence-electron chi connectivity index (χ3n) is 3.48. The monoisotopic (exact) mass is 362 g/mol. The molecule has 25 heavy (non-hydrogen) atoms. The highest BCUT2D eigenvalue weighted by Crippen LogP contribution is 2.16. The molecular weight excluding hydrogens is 340 g/mol. The van der Waals surface area contributed by atoms with Crippen LogP contribution in [-0.2, 0) is 4.79 Å². The molecule has 0 aliphatic rings. The minimum atomic E-state index is -0.189. The summed E-state index contributed by atoms with van der Waals surface area (Å²) in [5.41, 5.74) is 7.77. The lowest BCUT2D eigenvalue weighted by Crippen LogP contribution is -2.13. The molecule has 6 heteroatoms. The van der Waals surface area contributed by atoms with Gasteiger partial charge < -0.3 is 15.8 Å². The number of amides is 1. The van der Waals surface area contributed by atoms with Crippen molar-refractivity contribution in [1.29, 1.82) is 0 Å². The Morgan fingerprint density at radius 3 is 2.24 bits per heavy atom. The third kappa shape index (κ3) is 6.95. The van der Waals surface area contributed by atoms with Crippen LogP contribution >= 0.6 is 12.4 Å². The number of hydrogen-bond donors (Lipinski definition) is 2. The van der Waals surface area contributed by atoms with Crippen molar-refractivity contribution >= 4 is 29.8 Å². The molecule has 0 saturated heterocycles. The van der Waals surface area contributed by atoms with Gasteiger partial charge in [0.2, 0.25) is 5.91 Å². The van der Waals surface area contributed by atoms with E-state index in [1.807, 2.05) is 19.1 Å². The van der Waals surface area contributed by atoms with Crippen LogP contribution in [0.4, 0.5) is 5.69 Å². The van der Waals surface area contributed by atoms with Crippen LogP contribution < -0.4 is 15.8 Å². The van der Waals surface area contributed by atoms with Gasteiger partial charge in [0.25, 0.3) is 0 Å². The molecule has 5 nitrogen and oxygen atoms in total. The third-order valence-corrected chi connectivity index (χ3v) is 3.48. The Morgan fingerprint density at radius 1 is 1.00 bits per heavy atom. The largest absolute Gasteiger partial charge is 0.492 e. The Balaban J connectivity index is 0.00000312. The zero-order valence-corrected chi connectivity index (χ0v) is 15.0. The maximum atomic E-state index is 12.1. The van der Waals surface area contributed by atoms with Crippen LogP contribution in [0.1, 0.15) is 28.8 Å². The number of carbonyl (C=O) groups is 2. The number of benzene rings is 2. The van der Waals surface area contributed by atoms with Crippen molar-refractivity contribution in [2.45, 2.75) is 19.8 Å². The van der Waals surface area contributed by atoms with E-state index in [0.717, 1.165) is 5.56 Å². The molecular formula is C19H23ClN2O3. The summed E-state index contributed by atoms with van der Waals surface area (Å²) in [4.78, 5) is 24.0. The molecule has 0 bridgehead atoms. The number of hydrogen-bond acceptors (Lipinski definition) is 4. The molecule has 0 atom stereocenters. The average Bonchev–Trinajstić information content (AvgIpc) is 2.59. The predicted molar refractivity (Wildman–Crippen MR) is 102 cm³/mol.